The Balaban J connectivity index is 1.88. The molecule has 0 spiro atoms. The van der Waals surface area contributed by atoms with Crippen molar-refractivity contribution in [3.8, 4) is 0 Å². The average Bonchev–Trinajstić information content (AvgIpc) is 3.02. The van der Waals surface area contributed by atoms with Crippen LogP contribution < -0.4 is 5.32 Å². The summed E-state index contributed by atoms with van der Waals surface area (Å²) in [7, 11) is 3.69. The van der Waals surface area contributed by atoms with Crippen LogP contribution in [-0.4, -0.2) is 30.5 Å². The Kier molecular flexibility index (Phi) is 4.49. The number of amides is 1. The molecule has 0 bridgehead atoms. The minimum Gasteiger partial charge on any atom is -0.346 e. The summed E-state index contributed by atoms with van der Waals surface area (Å²) < 4.78 is 3.43. The number of hydrogen-bond donors (Lipinski definition) is 1. The third kappa shape index (κ3) is 3.43. The van der Waals surface area contributed by atoms with Gasteiger partial charge in [-0.1, -0.05) is 6.92 Å². The van der Waals surface area contributed by atoms with Crippen molar-refractivity contribution in [3.05, 3.63) is 30.1 Å². The van der Waals surface area contributed by atoms with E-state index in [-0.39, 0.29) is 11.9 Å². The van der Waals surface area contributed by atoms with Gasteiger partial charge in [0.15, 0.2) is 0 Å². The van der Waals surface area contributed by atoms with Crippen LogP contribution in [0.25, 0.3) is 0 Å². The summed E-state index contributed by atoms with van der Waals surface area (Å²) in [4.78, 5) is 16.2. The maximum atomic E-state index is 12.0. The van der Waals surface area contributed by atoms with E-state index in [0.717, 1.165) is 17.8 Å². The predicted octanol–water partition coefficient (Wildman–Crippen LogP) is 0.749. The van der Waals surface area contributed by atoms with E-state index in [2.05, 4.69) is 20.5 Å². The molecule has 2 aromatic rings. The van der Waals surface area contributed by atoms with E-state index < -0.39 is 0 Å². The van der Waals surface area contributed by atoms with Gasteiger partial charge in [-0.2, -0.15) is 10.2 Å². The molecule has 0 aliphatic carbocycles. The van der Waals surface area contributed by atoms with Gasteiger partial charge >= 0.3 is 0 Å². The second-order valence-corrected chi connectivity index (χ2v) is 4.79. The summed E-state index contributed by atoms with van der Waals surface area (Å²) >= 11 is 0. The second-order valence-electron chi connectivity index (χ2n) is 4.79. The topological polar surface area (TPSA) is 77.6 Å². The monoisotopic (exact) mass is 276 g/mol. The highest BCUT2D eigenvalue weighted by Gasteiger charge is 2.17. The van der Waals surface area contributed by atoms with Crippen LogP contribution in [0.1, 0.15) is 37.2 Å². The summed E-state index contributed by atoms with van der Waals surface area (Å²) in [6.07, 6.45) is 7.13. The third-order valence-electron chi connectivity index (χ3n) is 3.20. The van der Waals surface area contributed by atoms with Crippen molar-refractivity contribution < 1.29 is 4.79 Å². The highest BCUT2D eigenvalue weighted by Crippen LogP contribution is 2.13. The smallest absolute Gasteiger partial charge is 0.220 e. The van der Waals surface area contributed by atoms with Crippen molar-refractivity contribution in [1.82, 2.24) is 29.9 Å². The van der Waals surface area contributed by atoms with Gasteiger partial charge in [0.2, 0.25) is 5.91 Å². The van der Waals surface area contributed by atoms with Crippen molar-refractivity contribution in [2.45, 2.75) is 32.2 Å². The number of hydrogen-bond acceptors (Lipinski definition) is 4. The van der Waals surface area contributed by atoms with Crippen LogP contribution in [-0.2, 0) is 25.3 Å². The second kappa shape index (κ2) is 6.31. The zero-order valence-corrected chi connectivity index (χ0v) is 12.1. The van der Waals surface area contributed by atoms with Crippen molar-refractivity contribution in [1.29, 1.82) is 0 Å². The molecule has 7 nitrogen and oxygen atoms in total. The van der Waals surface area contributed by atoms with Gasteiger partial charge in [0.25, 0.3) is 0 Å². The molecule has 0 saturated heterocycles. The van der Waals surface area contributed by atoms with E-state index in [1.807, 2.05) is 27.2 Å². The van der Waals surface area contributed by atoms with Crippen molar-refractivity contribution in [3.63, 3.8) is 0 Å². The number of aryl methyl sites for hydroxylation is 3. The van der Waals surface area contributed by atoms with Crippen LogP contribution in [0.5, 0.6) is 0 Å². The molecule has 108 valence electrons. The van der Waals surface area contributed by atoms with Gasteiger partial charge in [0.05, 0.1) is 12.2 Å². The highest BCUT2D eigenvalue weighted by molar-refractivity contribution is 5.76. The van der Waals surface area contributed by atoms with Crippen LogP contribution in [0.3, 0.4) is 0 Å². The number of carbonyl (C=O) groups excluding carboxylic acids is 1. The molecule has 0 aromatic carbocycles. The molecular formula is C13H20N6O. The highest BCUT2D eigenvalue weighted by atomic mass is 16.1. The molecular weight excluding hydrogens is 256 g/mol. The van der Waals surface area contributed by atoms with Gasteiger partial charge in [-0.3, -0.25) is 14.2 Å². The maximum Gasteiger partial charge on any atom is 0.220 e. The Bertz CT molecular complexity index is 573. The summed E-state index contributed by atoms with van der Waals surface area (Å²) in [5.41, 5.74) is 1.06. The molecule has 1 N–H and O–H groups in total. The van der Waals surface area contributed by atoms with Gasteiger partial charge < -0.3 is 5.32 Å². The first-order chi connectivity index (χ1) is 9.60. The van der Waals surface area contributed by atoms with Gasteiger partial charge in [-0.25, -0.2) is 4.98 Å². The van der Waals surface area contributed by atoms with Gasteiger partial charge in [-0.15, -0.1) is 0 Å². The molecule has 0 fully saturated rings. The van der Waals surface area contributed by atoms with Gasteiger partial charge in [0.1, 0.15) is 12.2 Å². The quantitative estimate of drug-likeness (QED) is 0.844. The zero-order chi connectivity index (χ0) is 14.5. The molecule has 0 saturated carbocycles. The molecule has 20 heavy (non-hydrogen) atoms. The van der Waals surface area contributed by atoms with E-state index in [9.17, 15) is 4.79 Å². The fourth-order valence-electron chi connectivity index (χ4n) is 2.10. The van der Waals surface area contributed by atoms with Crippen LogP contribution >= 0.6 is 0 Å². The van der Waals surface area contributed by atoms with Gasteiger partial charge in [0, 0.05) is 26.7 Å². The molecule has 0 aliphatic rings. The van der Waals surface area contributed by atoms with E-state index in [1.54, 1.807) is 15.6 Å². The van der Waals surface area contributed by atoms with Crippen molar-refractivity contribution >= 4 is 5.91 Å². The lowest BCUT2D eigenvalue weighted by Crippen LogP contribution is -2.30. The lowest BCUT2D eigenvalue weighted by molar-refractivity contribution is -0.121. The van der Waals surface area contributed by atoms with E-state index in [4.69, 9.17) is 0 Å². The van der Waals surface area contributed by atoms with Gasteiger partial charge in [-0.05, 0) is 18.4 Å². The minimum absolute atomic E-state index is 0.0173. The van der Waals surface area contributed by atoms with Crippen molar-refractivity contribution in [2.24, 2.45) is 14.1 Å². The molecule has 2 aromatic heterocycles. The summed E-state index contributed by atoms with van der Waals surface area (Å²) in [5.74, 6) is 0.797. The summed E-state index contributed by atoms with van der Waals surface area (Å²) in [6.45, 7) is 2.01. The molecule has 1 atom stereocenters. The van der Waals surface area contributed by atoms with Crippen LogP contribution in [0.4, 0.5) is 0 Å². The first-order valence-corrected chi connectivity index (χ1v) is 6.71. The van der Waals surface area contributed by atoms with E-state index >= 15 is 0 Å². The largest absolute Gasteiger partial charge is 0.346 e. The number of nitrogens with one attached hydrogen (secondary N) is 1. The number of aromatic nitrogens is 5. The average molecular weight is 276 g/mol. The van der Waals surface area contributed by atoms with E-state index in [1.165, 1.54) is 6.33 Å². The zero-order valence-electron chi connectivity index (χ0n) is 12.1. The lowest BCUT2D eigenvalue weighted by atomic mass is 10.1. The van der Waals surface area contributed by atoms with Crippen LogP contribution in [0.15, 0.2) is 18.7 Å². The standard InChI is InChI=1S/C13H20N6O/c1-4-11(13-14-9-16-19(13)3)17-12(20)6-5-10-7-15-18(2)8-10/h7-9,11H,4-6H2,1-3H3,(H,17,20). The molecule has 1 unspecified atom stereocenters. The van der Waals surface area contributed by atoms with Crippen LogP contribution in [0.2, 0.25) is 0 Å². The van der Waals surface area contributed by atoms with Crippen molar-refractivity contribution in [2.75, 3.05) is 0 Å². The molecule has 7 heteroatoms. The Labute approximate surface area is 118 Å². The Morgan fingerprint density at radius 1 is 1.40 bits per heavy atom. The number of carbonyl (C=O) groups is 1. The molecule has 0 radical (unpaired) electrons. The maximum absolute atomic E-state index is 12.0. The van der Waals surface area contributed by atoms with E-state index in [0.29, 0.717) is 12.8 Å². The predicted molar refractivity (Wildman–Crippen MR) is 73.7 cm³/mol. The SMILES string of the molecule is CCC(NC(=O)CCc1cnn(C)c1)c1ncnn1C. The van der Waals surface area contributed by atoms with Crippen LogP contribution in [0, 0.1) is 0 Å². The molecule has 1 amide bonds. The Morgan fingerprint density at radius 2 is 2.20 bits per heavy atom. The first kappa shape index (κ1) is 14.2. The molecule has 0 aliphatic heterocycles. The Hall–Kier alpha value is -2.18. The normalized spacial score (nSPS) is 12.3. The number of nitrogens with zero attached hydrogens (tertiary/aromatic N) is 5. The fraction of sp³-hybridized carbons (Fsp3) is 0.538. The first-order valence-electron chi connectivity index (χ1n) is 6.71. The summed E-state index contributed by atoms with van der Waals surface area (Å²) in [5, 5.41) is 11.1. The summed E-state index contributed by atoms with van der Waals surface area (Å²) in [6, 6.07) is -0.0936. The minimum atomic E-state index is -0.0936. The third-order valence-corrected chi connectivity index (χ3v) is 3.20. The molecule has 2 heterocycles. The number of rotatable bonds is 6. The molecule has 2 rings (SSSR count). The lowest BCUT2D eigenvalue weighted by Gasteiger charge is -2.15. The fourth-order valence-corrected chi connectivity index (χ4v) is 2.10. The Morgan fingerprint density at radius 3 is 2.75 bits per heavy atom.